The van der Waals surface area contributed by atoms with Gasteiger partial charge in [-0.3, -0.25) is 0 Å². The summed E-state index contributed by atoms with van der Waals surface area (Å²) in [7, 11) is 0. The Morgan fingerprint density at radius 3 is 2.09 bits per heavy atom. The van der Waals surface area contributed by atoms with Crippen molar-refractivity contribution in [3.63, 3.8) is 0 Å². The molecule has 1 atom stereocenters. The summed E-state index contributed by atoms with van der Waals surface area (Å²) in [6.45, 7) is 9.08. The van der Waals surface area contributed by atoms with Crippen LogP contribution in [0.4, 0.5) is 0 Å². The van der Waals surface area contributed by atoms with Gasteiger partial charge >= 0.3 is 0 Å². The minimum Gasteiger partial charge on any atom is -0.511 e. The Morgan fingerprint density at radius 2 is 2.00 bits per heavy atom. The minimum absolute atomic E-state index is 0.0255. The highest BCUT2D eigenvalue weighted by Crippen LogP contribution is 2.04. The van der Waals surface area contributed by atoms with E-state index in [1.807, 2.05) is 20.8 Å². The first-order valence-electron chi connectivity index (χ1n) is 3.63. The van der Waals surface area contributed by atoms with Crippen molar-refractivity contribution in [3.8, 4) is 0 Å². The van der Waals surface area contributed by atoms with E-state index >= 15 is 0 Å². The highest BCUT2D eigenvalue weighted by atomic mass is 16.3. The fraction of sp³-hybridized carbons (Fsp3) is 0.750. The van der Waals surface area contributed by atoms with Gasteiger partial charge in [0.25, 0.3) is 0 Å². The molecule has 0 spiro atoms. The van der Waals surface area contributed by atoms with E-state index in [0.717, 1.165) is 0 Å². The van der Waals surface area contributed by atoms with E-state index in [2.05, 4.69) is 11.9 Å². The predicted octanol–water partition coefficient (Wildman–Crippen LogP) is 0.807. The molecule has 0 radical (unpaired) electrons. The second-order valence-corrected chi connectivity index (χ2v) is 3.62. The third-order valence-electron chi connectivity index (χ3n) is 1.19. The summed E-state index contributed by atoms with van der Waals surface area (Å²) in [6.07, 6.45) is 0. The van der Waals surface area contributed by atoms with Gasteiger partial charge in [0, 0.05) is 5.54 Å². The van der Waals surface area contributed by atoms with Gasteiger partial charge in [0.2, 0.25) is 0 Å². The zero-order chi connectivity index (χ0) is 9.07. The van der Waals surface area contributed by atoms with Crippen LogP contribution in [0.1, 0.15) is 20.8 Å². The molecule has 0 bridgehead atoms. The second-order valence-electron chi connectivity index (χ2n) is 3.62. The number of nitrogens with one attached hydrogen (secondary N) is 1. The Hall–Kier alpha value is -0.540. The average molecular weight is 159 g/mol. The molecule has 0 aromatic carbocycles. The van der Waals surface area contributed by atoms with Gasteiger partial charge in [0.1, 0.15) is 5.76 Å². The van der Waals surface area contributed by atoms with Gasteiger partial charge in [-0.25, -0.2) is 0 Å². The van der Waals surface area contributed by atoms with Crippen molar-refractivity contribution < 1.29 is 10.2 Å². The van der Waals surface area contributed by atoms with Crippen LogP contribution in [0.5, 0.6) is 0 Å². The van der Waals surface area contributed by atoms with Crippen molar-refractivity contribution in [1.82, 2.24) is 5.32 Å². The lowest BCUT2D eigenvalue weighted by Crippen LogP contribution is -2.46. The van der Waals surface area contributed by atoms with Gasteiger partial charge in [-0.1, -0.05) is 6.58 Å². The number of hydrogen-bond acceptors (Lipinski definition) is 3. The van der Waals surface area contributed by atoms with Crippen molar-refractivity contribution in [2.75, 3.05) is 6.61 Å². The molecule has 3 nitrogen and oxygen atoms in total. The Labute approximate surface area is 67.7 Å². The van der Waals surface area contributed by atoms with Crippen LogP contribution in [-0.4, -0.2) is 28.4 Å². The van der Waals surface area contributed by atoms with E-state index in [-0.39, 0.29) is 17.9 Å². The van der Waals surface area contributed by atoms with Crippen molar-refractivity contribution in [3.05, 3.63) is 12.3 Å². The third-order valence-corrected chi connectivity index (χ3v) is 1.19. The Kier molecular flexibility index (Phi) is 3.55. The number of rotatable bonds is 3. The molecule has 66 valence electrons. The quantitative estimate of drug-likeness (QED) is 0.534. The van der Waals surface area contributed by atoms with Crippen LogP contribution in [0, 0.1) is 0 Å². The smallest absolute Gasteiger partial charge is 0.104 e. The summed E-state index contributed by atoms with van der Waals surface area (Å²) in [5.74, 6) is -0.0255. The molecule has 0 aliphatic heterocycles. The topological polar surface area (TPSA) is 52.5 Å². The van der Waals surface area contributed by atoms with Crippen molar-refractivity contribution >= 4 is 0 Å². The van der Waals surface area contributed by atoms with Crippen molar-refractivity contribution in [2.45, 2.75) is 32.4 Å². The summed E-state index contributed by atoms with van der Waals surface area (Å²) in [5, 5.41) is 20.7. The first-order chi connectivity index (χ1) is 4.87. The summed E-state index contributed by atoms with van der Waals surface area (Å²) in [4.78, 5) is 0. The number of aliphatic hydroxyl groups is 2. The van der Waals surface area contributed by atoms with E-state index in [1.54, 1.807) is 0 Å². The van der Waals surface area contributed by atoms with Gasteiger partial charge in [-0.2, -0.15) is 0 Å². The van der Waals surface area contributed by atoms with Crippen molar-refractivity contribution in [2.24, 2.45) is 0 Å². The fourth-order valence-electron chi connectivity index (χ4n) is 0.757. The van der Waals surface area contributed by atoms with E-state index in [1.165, 1.54) is 0 Å². The number of hydrogen-bond donors (Lipinski definition) is 3. The molecule has 0 aliphatic rings. The van der Waals surface area contributed by atoms with E-state index in [0.29, 0.717) is 0 Å². The van der Waals surface area contributed by atoms with Crippen LogP contribution in [0.2, 0.25) is 0 Å². The lowest BCUT2D eigenvalue weighted by molar-refractivity contribution is 0.197. The third kappa shape index (κ3) is 4.81. The molecule has 0 saturated heterocycles. The maximum atomic E-state index is 8.96. The highest BCUT2D eigenvalue weighted by Gasteiger charge is 2.17. The van der Waals surface area contributed by atoms with Crippen LogP contribution >= 0.6 is 0 Å². The molecule has 3 heteroatoms. The normalized spacial score (nSPS) is 14.5. The summed E-state index contributed by atoms with van der Waals surface area (Å²) in [5.41, 5.74) is -0.126. The van der Waals surface area contributed by atoms with Gasteiger partial charge in [-0.15, -0.1) is 0 Å². The Morgan fingerprint density at radius 1 is 1.55 bits per heavy atom. The zero-order valence-corrected chi connectivity index (χ0v) is 7.39. The van der Waals surface area contributed by atoms with Crippen LogP contribution in [0.15, 0.2) is 12.3 Å². The maximum Gasteiger partial charge on any atom is 0.104 e. The van der Waals surface area contributed by atoms with Crippen molar-refractivity contribution in [1.29, 1.82) is 0 Å². The zero-order valence-electron chi connectivity index (χ0n) is 7.39. The maximum absolute atomic E-state index is 8.96. The monoisotopic (exact) mass is 159 g/mol. The fourth-order valence-corrected chi connectivity index (χ4v) is 0.757. The Balaban J connectivity index is 3.99. The lowest BCUT2D eigenvalue weighted by atomic mass is 10.1. The largest absolute Gasteiger partial charge is 0.511 e. The molecule has 0 aliphatic carbocycles. The average Bonchev–Trinajstić information content (AvgIpc) is 1.80. The second kappa shape index (κ2) is 3.74. The van der Waals surface area contributed by atoms with E-state index in [9.17, 15) is 0 Å². The SMILES string of the molecule is C=C(O)[C@H](CO)NC(C)(C)C. The first kappa shape index (κ1) is 10.5. The summed E-state index contributed by atoms with van der Waals surface area (Å²) < 4.78 is 0. The summed E-state index contributed by atoms with van der Waals surface area (Å²) in [6, 6.07) is -0.421. The summed E-state index contributed by atoms with van der Waals surface area (Å²) >= 11 is 0. The van der Waals surface area contributed by atoms with Crippen LogP contribution in [0.3, 0.4) is 0 Å². The van der Waals surface area contributed by atoms with Gasteiger partial charge in [-0.05, 0) is 20.8 Å². The van der Waals surface area contributed by atoms with Crippen LogP contribution in [0.25, 0.3) is 0 Å². The lowest BCUT2D eigenvalue weighted by Gasteiger charge is -2.26. The molecule has 0 aromatic heterocycles. The predicted molar refractivity (Wildman–Crippen MR) is 45.5 cm³/mol. The van der Waals surface area contributed by atoms with Gasteiger partial charge < -0.3 is 15.5 Å². The van der Waals surface area contributed by atoms with E-state index in [4.69, 9.17) is 10.2 Å². The standard InChI is InChI=1S/C8H17NO2/c1-6(11)7(5-10)9-8(2,3)4/h7,9-11H,1,5H2,2-4H3/t7-/m0/s1. The Bertz CT molecular complexity index is 138. The van der Waals surface area contributed by atoms with Crippen LogP contribution < -0.4 is 5.32 Å². The highest BCUT2D eigenvalue weighted by molar-refractivity contribution is 4.96. The first-order valence-corrected chi connectivity index (χ1v) is 3.63. The molecule has 0 aromatic rings. The molecule has 0 heterocycles. The molecule has 0 fully saturated rings. The number of aliphatic hydroxyl groups excluding tert-OH is 2. The molecule has 0 unspecified atom stereocenters. The van der Waals surface area contributed by atoms with E-state index < -0.39 is 6.04 Å². The van der Waals surface area contributed by atoms with Crippen LogP contribution in [-0.2, 0) is 0 Å². The van der Waals surface area contributed by atoms with Gasteiger partial charge in [0.05, 0.1) is 12.6 Å². The molecule has 0 amide bonds. The molecule has 0 rings (SSSR count). The molecule has 0 saturated carbocycles. The molecular formula is C8H17NO2. The van der Waals surface area contributed by atoms with Gasteiger partial charge in [0.15, 0.2) is 0 Å². The molecule has 3 N–H and O–H groups in total. The molecular weight excluding hydrogens is 142 g/mol. The minimum atomic E-state index is -0.421. The molecule has 11 heavy (non-hydrogen) atoms.